The van der Waals surface area contributed by atoms with Gasteiger partial charge in [-0.05, 0) is 37.5 Å². The molecule has 3 rings (SSSR count). The summed E-state index contributed by atoms with van der Waals surface area (Å²) in [6, 6.07) is 9.24. The van der Waals surface area contributed by atoms with Crippen LogP contribution >= 0.6 is 11.6 Å². The maximum Gasteiger partial charge on any atom is 0.253 e. The van der Waals surface area contributed by atoms with E-state index in [9.17, 15) is 9.59 Å². The Bertz CT molecular complexity index is 803. The third kappa shape index (κ3) is 3.62. The molecule has 1 saturated heterocycles. The second kappa shape index (κ2) is 7.09. The molecule has 126 valence electrons. The lowest BCUT2D eigenvalue weighted by atomic mass is 10.0. The van der Waals surface area contributed by atoms with Gasteiger partial charge >= 0.3 is 0 Å². The fourth-order valence-corrected chi connectivity index (χ4v) is 3.36. The van der Waals surface area contributed by atoms with Crippen molar-refractivity contribution in [3.8, 4) is 0 Å². The molecular formula is C18H20ClN3O2. The van der Waals surface area contributed by atoms with Gasteiger partial charge in [0.2, 0.25) is 5.56 Å². The number of halogens is 1. The minimum atomic E-state index is -0.202. The second-order valence-electron chi connectivity index (χ2n) is 6.10. The number of amides is 1. The van der Waals surface area contributed by atoms with Gasteiger partial charge in [-0.25, -0.2) is 0 Å². The van der Waals surface area contributed by atoms with Crippen molar-refractivity contribution in [2.45, 2.75) is 25.8 Å². The van der Waals surface area contributed by atoms with Crippen molar-refractivity contribution in [2.75, 3.05) is 18.0 Å². The molecule has 1 fully saturated rings. The molecule has 0 radical (unpaired) electrons. The van der Waals surface area contributed by atoms with E-state index in [-0.39, 0.29) is 17.5 Å². The number of hydrogen-bond acceptors (Lipinski definition) is 3. The zero-order chi connectivity index (χ0) is 17.1. The Labute approximate surface area is 145 Å². The van der Waals surface area contributed by atoms with Crippen LogP contribution in [0.25, 0.3) is 0 Å². The van der Waals surface area contributed by atoms with Crippen LogP contribution in [-0.4, -0.2) is 30.0 Å². The normalized spacial score (nSPS) is 17.6. The molecule has 1 amide bonds. The highest BCUT2D eigenvalue weighted by Gasteiger charge is 2.23. The number of nitrogens with zero attached hydrogens (tertiary/aromatic N) is 1. The number of carbonyl (C=O) groups is 1. The monoisotopic (exact) mass is 345 g/mol. The quantitative estimate of drug-likeness (QED) is 0.899. The van der Waals surface area contributed by atoms with Crippen LogP contribution in [-0.2, 0) is 0 Å². The highest BCUT2D eigenvalue weighted by Crippen LogP contribution is 2.27. The van der Waals surface area contributed by atoms with Crippen LogP contribution in [0.5, 0.6) is 0 Å². The van der Waals surface area contributed by atoms with Gasteiger partial charge in [0.1, 0.15) is 0 Å². The molecule has 24 heavy (non-hydrogen) atoms. The van der Waals surface area contributed by atoms with E-state index in [4.69, 9.17) is 11.6 Å². The molecule has 0 bridgehead atoms. The average molecular weight is 346 g/mol. The van der Waals surface area contributed by atoms with Gasteiger partial charge in [0.25, 0.3) is 5.91 Å². The predicted octanol–water partition coefficient (Wildman–Crippen LogP) is 2.74. The van der Waals surface area contributed by atoms with Gasteiger partial charge in [-0.1, -0.05) is 23.7 Å². The Morgan fingerprint density at radius 1 is 1.38 bits per heavy atom. The number of anilines is 1. The molecule has 2 heterocycles. The first kappa shape index (κ1) is 16.6. The zero-order valence-corrected chi connectivity index (χ0v) is 14.3. The first-order chi connectivity index (χ1) is 11.5. The first-order valence-corrected chi connectivity index (χ1v) is 8.42. The van der Waals surface area contributed by atoms with Gasteiger partial charge in [-0.2, -0.15) is 0 Å². The van der Waals surface area contributed by atoms with E-state index in [0.29, 0.717) is 11.1 Å². The predicted molar refractivity (Wildman–Crippen MR) is 96.0 cm³/mol. The van der Waals surface area contributed by atoms with Gasteiger partial charge in [0, 0.05) is 31.4 Å². The molecule has 1 aromatic carbocycles. The maximum atomic E-state index is 12.5. The Kier molecular flexibility index (Phi) is 4.90. The van der Waals surface area contributed by atoms with Gasteiger partial charge in [-0.3, -0.25) is 9.59 Å². The highest BCUT2D eigenvalue weighted by molar-refractivity contribution is 6.33. The van der Waals surface area contributed by atoms with E-state index in [1.54, 1.807) is 6.92 Å². The third-order valence-corrected chi connectivity index (χ3v) is 4.65. The van der Waals surface area contributed by atoms with Crippen molar-refractivity contribution < 1.29 is 4.79 Å². The number of pyridine rings is 1. The van der Waals surface area contributed by atoms with Crippen LogP contribution < -0.4 is 15.8 Å². The van der Waals surface area contributed by atoms with E-state index >= 15 is 0 Å². The lowest BCUT2D eigenvalue weighted by Crippen LogP contribution is -2.48. The molecule has 1 unspecified atom stereocenters. The lowest BCUT2D eigenvalue weighted by Gasteiger charge is -2.35. The summed E-state index contributed by atoms with van der Waals surface area (Å²) in [6.07, 6.45) is 3.39. The number of rotatable bonds is 3. The van der Waals surface area contributed by atoms with Gasteiger partial charge < -0.3 is 15.2 Å². The number of para-hydroxylation sites is 1. The van der Waals surface area contributed by atoms with E-state index < -0.39 is 0 Å². The minimum Gasteiger partial charge on any atom is -0.368 e. The Morgan fingerprint density at radius 3 is 2.92 bits per heavy atom. The fraction of sp³-hybridized carbons (Fsp3) is 0.333. The van der Waals surface area contributed by atoms with Gasteiger partial charge in [-0.15, -0.1) is 0 Å². The summed E-state index contributed by atoms with van der Waals surface area (Å²) >= 11 is 6.28. The fourth-order valence-electron chi connectivity index (χ4n) is 3.10. The number of aromatic amines is 1. The van der Waals surface area contributed by atoms with Crippen LogP contribution in [0.1, 0.15) is 28.8 Å². The SMILES string of the molecule is Cc1cc(=O)[nH]cc1C(=O)NC1CCCN(c2ccccc2Cl)C1. The van der Waals surface area contributed by atoms with Crippen molar-refractivity contribution in [3.05, 3.63) is 63.0 Å². The standard InChI is InChI=1S/C18H20ClN3O2/c1-12-9-17(23)20-10-14(12)18(24)21-13-5-4-8-22(11-13)16-7-3-2-6-15(16)19/h2-3,6-7,9-10,13H,4-5,8,11H2,1H3,(H,20,23)(H,21,24). The molecule has 2 aromatic rings. The maximum absolute atomic E-state index is 12.5. The smallest absolute Gasteiger partial charge is 0.253 e. The number of nitrogens with one attached hydrogen (secondary N) is 2. The minimum absolute atomic E-state index is 0.0499. The summed E-state index contributed by atoms with van der Waals surface area (Å²) in [5.41, 5.74) is 1.98. The molecule has 2 N–H and O–H groups in total. The lowest BCUT2D eigenvalue weighted by molar-refractivity contribution is 0.0932. The number of piperidine rings is 1. The van der Waals surface area contributed by atoms with E-state index in [1.165, 1.54) is 12.3 Å². The largest absolute Gasteiger partial charge is 0.368 e. The van der Waals surface area contributed by atoms with Crippen LogP contribution in [0.2, 0.25) is 5.02 Å². The molecule has 1 atom stereocenters. The Hall–Kier alpha value is -2.27. The van der Waals surface area contributed by atoms with Crippen LogP contribution in [0.15, 0.2) is 41.3 Å². The number of H-pyrrole nitrogens is 1. The third-order valence-electron chi connectivity index (χ3n) is 4.33. The molecule has 1 aliphatic rings. The van der Waals surface area contributed by atoms with Crippen molar-refractivity contribution in [2.24, 2.45) is 0 Å². The summed E-state index contributed by atoms with van der Waals surface area (Å²) in [5, 5.41) is 3.79. The van der Waals surface area contributed by atoms with Crippen molar-refractivity contribution in [3.63, 3.8) is 0 Å². The van der Waals surface area contributed by atoms with E-state index in [0.717, 1.165) is 36.6 Å². The number of aryl methyl sites for hydroxylation is 1. The van der Waals surface area contributed by atoms with Crippen LogP contribution in [0, 0.1) is 6.92 Å². The van der Waals surface area contributed by atoms with E-state index in [2.05, 4.69) is 15.2 Å². The summed E-state index contributed by atoms with van der Waals surface area (Å²) in [7, 11) is 0. The van der Waals surface area contributed by atoms with Gasteiger partial charge in [0.05, 0.1) is 16.3 Å². The molecule has 1 aliphatic heterocycles. The first-order valence-electron chi connectivity index (χ1n) is 8.04. The molecule has 0 spiro atoms. The molecule has 0 aliphatic carbocycles. The summed E-state index contributed by atoms with van der Waals surface area (Å²) in [4.78, 5) is 28.5. The Balaban J connectivity index is 1.70. The number of benzene rings is 1. The van der Waals surface area contributed by atoms with Crippen LogP contribution in [0.4, 0.5) is 5.69 Å². The van der Waals surface area contributed by atoms with Crippen LogP contribution in [0.3, 0.4) is 0 Å². The molecule has 6 heteroatoms. The summed E-state index contributed by atoms with van der Waals surface area (Å²) in [5.74, 6) is -0.158. The van der Waals surface area contributed by atoms with E-state index in [1.807, 2.05) is 24.3 Å². The summed E-state index contributed by atoms with van der Waals surface area (Å²) in [6.45, 7) is 3.41. The van der Waals surface area contributed by atoms with Gasteiger partial charge in [0.15, 0.2) is 0 Å². The van der Waals surface area contributed by atoms with Crippen molar-refractivity contribution in [1.82, 2.24) is 10.3 Å². The average Bonchev–Trinajstić information content (AvgIpc) is 2.55. The molecule has 5 nitrogen and oxygen atoms in total. The molecular weight excluding hydrogens is 326 g/mol. The number of carbonyl (C=O) groups excluding carboxylic acids is 1. The van der Waals surface area contributed by atoms with Crippen molar-refractivity contribution in [1.29, 1.82) is 0 Å². The molecule has 0 saturated carbocycles. The second-order valence-corrected chi connectivity index (χ2v) is 6.51. The topological polar surface area (TPSA) is 65.2 Å². The van der Waals surface area contributed by atoms with Crippen molar-refractivity contribution >= 4 is 23.2 Å². The Morgan fingerprint density at radius 2 is 2.17 bits per heavy atom. The number of aromatic nitrogens is 1. The molecule has 1 aromatic heterocycles. The zero-order valence-electron chi connectivity index (χ0n) is 13.5. The number of hydrogen-bond donors (Lipinski definition) is 2. The highest BCUT2D eigenvalue weighted by atomic mass is 35.5. The summed E-state index contributed by atoms with van der Waals surface area (Å²) < 4.78 is 0.